The van der Waals surface area contributed by atoms with Gasteiger partial charge >= 0.3 is 0 Å². The molecule has 2 bridgehead atoms. The van der Waals surface area contributed by atoms with E-state index in [0.29, 0.717) is 15.5 Å². The van der Waals surface area contributed by atoms with Gasteiger partial charge in [-0.25, -0.2) is 0 Å². The Labute approximate surface area is 202 Å². The van der Waals surface area contributed by atoms with E-state index in [2.05, 4.69) is 58.3 Å². The van der Waals surface area contributed by atoms with Crippen molar-refractivity contribution in [1.29, 1.82) is 0 Å². The number of nitrogens with zero attached hydrogens (tertiary/aromatic N) is 1. The molecule has 29 heavy (non-hydrogen) atoms. The van der Waals surface area contributed by atoms with Crippen LogP contribution in [0.4, 0.5) is 0 Å². The fourth-order valence-corrected chi connectivity index (χ4v) is 5.75. The van der Waals surface area contributed by atoms with Gasteiger partial charge in [0.1, 0.15) is 13.1 Å². The van der Waals surface area contributed by atoms with E-state index in [1.807, 2.05) is 12.1 Å². The number of hydrogen-bond donors (Lipinski definition) is 0. The topological polar surface area (TPSA) is 0 Å². The molecular formula is C25H30Cl2IN. The first-order chi connectivity index (χ1) is 13.1. The Hall–Kier alpha value is -0.550. The lowest BCUT2D eigenvalue weighted by molar-refractivity contribution is -0.899. The minimum atomic E-state index is 0. The highest BCUT2D eigenvalue weighted by Gasteiger charge is 2.52. The van der Waals surface area contributed by atoms with Crippen LogP contribution in [0, 0.1) is 17.3 Å². The van der Waals surface area contributed by atoms with Crippen LogP contribution in [0.2, 0.25) is 10.0 Å². The van der Waals surface area contributed by atoms with Crippen LogP contribution >= 0.6 is 23.2 Å². The number of likely N-dealkylation sites (N-methyl/N-ethyl adjacent to an activating group) is 1. The van der Waals surface area contributed by atoms with E-state index < -0.39 is 0 Å². The van der Waals surface area contributed by atoms with E-state index in [1.54, 1.807) is 11.6 Å². The molecule has 2 aromatic carbocycles. The van der Waals surface area contributed by atoms with Crippen molar-refractivity contribution in [2.45, 2.75) is 33.2 Å². The average Bonchev–Trinajstić information content (AvgIpc) is 2.60. The zero-order valence-corrected chi connectivity index (χ0v) is 21.4. The Balaban J connectivity index is 0.00000240. The van der Waals surface area contributed by atoms with Crippen molar-refractivity contribution in [1.82, 2.24) is 0 Å². The van der Waals surface area contributed by atoms with Gasteiger partial charge in [0, 0.05) is 15.6 Å². The summed E-state index contributed by atoms with van der Waals surface area (Å²) in [4.78, 5) is 0. The fourth-order valence-electron chi connectivity index (χ4n) is 5.22. The largest absolute Gasteiger partial charge is 1.00 e. The molecule has 3 aliphatic carbocycles. The van der Waals surface area contributed by atoms with Gasteiger partial charge in [0.25, 0.3) is 0 Å². The summed E-state index contributed by atoms with van der Waals surface area (Å²) in [7, 11) is 4.70. The Morgan fingerprint density at radius 1 is 0.931 bits per heavy atom. The number of rotatable bonds is 5. The van der Waals surface area contributed by atoms with Crippen molar-refractivity contribution in [3.8, 4) is 11.1 Å². The van der Waals surface area contributed by atoms with Crippen LogP contribution in [-0.2, 0) is 6.54 Å². The summed E-state index contributed by atoms with van der Waals surface area (Å²) in [6, 6.07) is 14.5. The van der Waals surface area contributed by atoms with Crippen molar-refractivity contribution < 1.29 is 28.5 Å². The Morgan fingerprint density at radius 3 is 2.10 bits per heavy atom. The lowest BCUT2D eigenvalue weighted by atomic mass is 9.49. The predicted octanol–water partition coefficient (Wildman–Crippen LogP) is 4.23. The average molecular weight is 542 g/mol. The number of fused-ring (bicyclic) bond motifs is 1. The first-order valence-electron chi connectivity index (χ1n) is 10.2. The van der Waals surface area contributed by atoms with Crippen molar-refractivity contribution >= 4 is 23.2 Å². The third-order valence-electron chi connectivity index (χ3n) is 6.95. The summed E-state index contributed by atoms with van der Waals surface area (Å²) < 4.78 is 0.991. The second-order valence-electron chi connectivity index (χ2n) is 9.93. The molecule has 5 rings (SSSR count). The van der Waals surface area contributed by atoms with E-state index in [-0.39, 0.29) is 24.0 Å². The van der Waals surface area contributed by atoms with Crippen LogP contribution in [0.3, 0.4) is 0 Å². The first kappa shape index (κ1) is 23.1. The van der Waals surface area contributed by atoms with E-state index in [1.165, 1.54) is 18.4 Å². The van der Waals surface area contributed by atoms with Crippen molar-refractivity contribution in [3.63, 3.8) is 0 Å². The molecule has 1 saturated carbocycles. The highest BCUT2D eigenvalue weighted by atomic mass is 127. The molecule has 1 fully saturated rings. The number of halogens is 3. The molecule has 3 aliphatic rings. The standard InChI is InChI=1S/C25H30Cl2N.HI/c1-25(2)21-10-9-19(24(25)13-21)16-28(3,4)15-17-5-7-18(8-6-17)20-11-22(26)14-23(27)12-20;/h5-9,11-12,14,21,24H,10,13,15-16H2,1-4H3;1H/q+1;/p-1/t21-,24-;/m0./s1. The third-order valence-corrected chi connectivity index (χ3v) is 7.39. The predicted molar refractivity (Wildman–Crippen MR) is 121 cm³/mol. The normalized spacial score (nSPS) is 22.3. The maximum absolute atomic E-state index is 6.15. The fraction of sp³-hybridized carbons (Fsp3) is 0.440. The lowest BCUT2D eigenvalue weighted by Gasteiger charge is -2.57. The Kier molecular flexibility index (Phi) is 6.80. The highest BCUT2D eigenvalue weighted by molar-refractivity contribution is 6.35. The summed E-state index contributed by atoms with van der Waals surface area (Å²) in [5.41, 5.74) is 5.76. The molecule has 0 amide bonds. The zero-order valence-electron chi connectivity index (χ0n) is 17.7. The first-order valence-corrected chi connectivity index (χ1v) is 11.0. The minimum Gasteiger partial charge on any atom is -1.00 e. The summed E-state index contributed by atoms with van der Waals surface area (Å²) >= 11 is 12.3. The molecule has 156 valence electrons. The molecule has 2 atom stereocenters. The molecule has 0 saturated heterocycles. The van der Waals surface area contributed by atoms with Gasteiger partial charge in [0.15, 0.2) is 0 Å². The molecule has 0 aliphatic heterocycles. The van der Waals surface area contributed by atoms with E-state index in [0.717, 1.165) is 40.5 Å². The molecule has 0 unspecified atom stereocenters. The van der Waals surface area contributed by atoms with Gasteiger partial charge in [-0.15, -0.1) is 0 Å². The molecule has 0 heterocycles. The molecule has 0 aromatic heterocycles. The van der Waals surface area contributed by atoms with Crippen LogP contribution < -0.4 is 24.0 Å². The van der Waals surface area contributed by atoms with Gasteiger partial charge in [-0.3, -0.25) is 0 Å². The van der Waals surface area contributed by atoms with Gasteiger partial charge in [-0.2, -0.15) is 0 Å². The maximum atomic E-state index is 6.15. The van der Waals surface area contributed by atoms with Crippen LogP contribution in [0.15, 0.2) is 54.1 Å². The van der Waals surface area contributed by atoms with Crippen molar-refractivity contribution in [2.75, 3.05) is 20.6 Å². The maximum Gasteiger partial charge on any atom is 0.104 e. The molecular weight excluding hydrogens is 512 g/mol. The van der Waals surface area contributed by atoms with Crippen molar-refractivity contribution in [3.05, 3.63) is 69.7 Å². The number of quaternary nitrogens is 1. The summed E-state index contributed by atoms with van der Waals surface area (Å²) in [5.74, 6) is 1.70. The lowest BCUT2D eigenvalue weighted by Crippen LogP contribution is -3.00. The van der Waals surface area contributed by atoms with Crippen LogP contribution in [0.1, 0.15) is 32.3 Å². The van der Waals surface area contributed by atoms with Gasteiger partial charge < -0.3 is 28.5 Å². The number of allylic oxidation sites excluding steroid dienone is 1. The van der Waals surface area contributed by atoms with Crippen LogP contribution in [0.5, 0.6) is 0 Å². The minimum absolute atomic E-state index is 0. The Bertz CT molecular complexity index is 895. The van der Waals surface area contributed by atoms with Gasteiger partial charge in [0.2, 0.25) is 0 Å². The molecule has 2 aromatic rings. The number of benzene rings is 2. The van der Waals surface area contributed by atoms with E-state index >= 15 is 0 Å². The van der Waals surface area contributed by atoms with E-state index in [9.17, 15) is 0 Å². The third kappa shape index (κ3) is 4.87. The highest BCUT2D eigenvalue weighted by Crippen LogP contribution is 2.59. The van der Waals surface area contributed by atoms with Crippen molar-refractivity contribution in [2.24, 2.45) is 17.3 Å². The van der Waals surface area contributed by atoms with Crippen LogP contribution in [-0.4, -0.2) is 25.1 Å². The summed E-state index contributed by atoms with van der Waals surface area (Å²) in [6.45, 7) is 7.09. The molecule has 4 heteroatoms. The van der Waals surface area contributed by atoms with Gasteiger partial charge in [0.05, 0.1) is 14.1 Å². The van der Waals surface area contributed by atoms with E-state index in [4.69, 9.17) is 23.2 Å². The number of hydrogen-bond acceptors (Lipinski definition) is 0. The monoisotopic (exact) mass is 541 g/mol. The van der Waals surface area contributed by atoms with Gasteiger partial charge in [-0.05, 0) is 65.0 Å². The Morgan fingerprint density at radius 2 is 1.55 bits per heavy atom. The molecule has 0 N–H and O–H groups in total. The summed E-state index contributed by atoms with van der Waals surface area (Å²) in [5, 5.41) is 1.34. The summed E-state index contributed by atoms with van der Waals surface area (Å²) in [6.07, 6.45) is 5.21. The second-order valence-corrected chi connectivity index (χ2v) is 10.8. The van der Waals surface area contributed by atoms with Gasteiger partial charge in [-0.1, -0.05) is 67.4 Å². The smallest absolute Gasteiger partial charge is 0.104 e. The zero-order chi connectivity index (χ0) is 20.1. The SMILES string of the molecule is CC1(C)[C@H]2CC=C(C[N+](C)(C)Cc3ccc(-c4cc(Cl)cc(Cl)c4)cc3)[C@@H]1C2.[I-]. The van der Waals surface area contributed by atoms with Crippen LogP contribution in [0.25, 0.3) is 11.1 Å². The quantitative estimate of drug-likeness (QED) is 0.302. The second kappa shape index (κ2) is 8.53. The molecule has 1 nitrogen and oxygen atoms in total. The molecule has 0 spiro atoms. The molecule has 0 radical (unpaired) electrons.